The van der Waals surface area contributed by atoms with Crippen molar-refractivity contribution < 1.29 is 19.1 Å². The van der Waals surface area contributed by atoms with Crippen LogP contribution in [0.2, 0.25) is 0 Å². The molecule has 3 nitrogen and oxygen atoms in total. The number of hydrogen-bond donors (Lipinski definition) is 2. The van der Waals surface area contributed by atoms with Crippen LogP contribution in [0.4, 0.5) is 4.70 Å². The average Bonchev–Trinajstić information content (AvgIpc) is 0.811. The highest BCUT2D eigenvalue weighted by Crippen LogP contribution is 1.98. The van der Waals surface area contributed by atoms with Gasteiger partial charge in [-0.3, -0.25) is 9.27 Å². The van der Waals surface area contributed by atoms with Crippen molar-refractivity contribution >= 4 is 8.25 Å². The molecule has 0 aromatic carbocycles. The molecule has 0 aliphatic carbocycles. The van der Waals surface area contributed by atoms with Crippen LogP contribution in [0, 0.1) is 0 Å². The van der Waals surface area contributed by atoms with E-state index < -0.39 is 8.25 Å². The molecule has 2 N–H and O–H groups in total. The standard InChI is InChI=1S/CH4.FH.H3O3P/c;;1-4(2)3/h1H4;1H;4H,(H2,1,2,3). The summed E-state index contributed by atoms with van der Waals surface area (Å²) in [6.45, 7) is 0. The van der Waals surface area contributed by atoms with E-state index in [0.717, 1.165) is 0 Å². The monoisotopic (exact) mass is 118 g/mol. The second-order valence-electron chi connectivity index (χ2n) is 0.283. The zero-order valence-electron chi connectivity index (χ0n) is 2.21. The van der Waals surface area contributed by atoms with Gasteiger partial charge in [0.15, 0.2) is 0 Å². The molecule has 0 radical (unpaired) electrons. The van der Waals surface area contributed by atoms with Gasteiger partial charge in [0.05, 0.1) is 0 Å². The zero-order valence-corrected chi connectivity index (χ0v) is 3.21. The molecule has 0 aliphatic heterocycles. The summed E-state index contributed by atoms with van der Waals surface area (Å²) in [4.78, 5) is 14.3. The second-order valence-corrected chi connectivity index (χ2v) is 0.848. The minimum absolute atomic E-state index is 0. The first-order valence-electron chi connectivity index (χ1n) is 0.651. The molecule has 0 aromatic rings. The van der Waals surface area contributed by atoms with Crippen molar-refractivity contribution in [1.82, 2.24) is 0 Å². The number of hydrogen-bond acceptors (Lipinski definition) is 1. The van der Waals surface area contributed by atoms with Crippen LogP contribution in [-0.4, -0.2) is 9.79 Å². The maximum atomic E-state index is 8.74. The van der Waals surface area contributed by atoms with Crippen LogP contribution in [-0.2, 0) is 4.57 Å². The van der Waals surface area contributed by atoms with Crippen molar-refractivity contribution in [3.8, 4) is 0 Å². The predicted molar refractivity (Wildman–Crippen MR) is 22.7 cm³/mol. The first kappa shape index (κ1) is 16.5. The van der Waals surface area contributed by atoms with Gasteiger partial charge >= 0.3 is 8.25 Å². The quantitative estimate of drug-likeness (QED) is 0.445. The van der Waals surface area contributed by atoms with Crippen molar-refractivity contribution in [3.63, 3.8) is 0 Å². The molecule has 0 spiro atoms. The van der Waals surface area contributed by atoms with Crippen LogP contribution in [0.15, 0.2) is 0 Å². The predicted octanol–water partition coefficient (Wildman–Crippen LogP) is 0.149. The first-order chi connectivity index (χ1) is 1.73. The molecule has 0 aliphatic rings. The minimum Gasteiger partial charge on any atom is -0.326 e. The maximum Gasteiger partial charge on any atom is 0.314 e. The smallest absolute Gasteiger partial charge is 0.314 e. The van der Waals surface area contributed by atoms with E-state index in [0.29, 0.717) is 0 Å². The topological polar surface area (TPSA) is 57.5 Å². The molecule has 0 bridgehead atoms. The molecule has 0 unspecified atom stereocenters. The molecule has 0 fully saturated rings. The SMILES string of the molecule is C.F.O=[PH](O)O. The summed E-state index contributed by atoms with van der Waals surface area (Å²) in [5, 5.41) is 0. The highest BCUT2D eigenvalue weighted by Gasteiger charge is 1.61. The van der Waals surface area contributed by atoms with Gasteiger partial charge in [-0.25, -0.2) is 0 Å². The molecule has 0 amide bonds. The summed E-state index contributed by atoms with van der Waals surface area (Å²) in [7, 11) is -3.13. The Morgan fingerprint density at radius 1 is 1.33 bits per heavy atom. The third-order valence-corrected chi connectivity index (χ3v) is 0. The Labute approximate surface area is 35.9 Å². The lowest BCUT2D eigenvalue weighted by Gasteiger charge is -1.61. The van der Waals surface area contributed by atoms with Gasteiger partial charge in [-0.2, -0.15) is 0 Å². The molecule has 0 atom stereocenters. The average molecular weight is 118 g/mol. The van der Waals surface area contributed by atoms with E-state index in [1.165, 1.54) is 0 Å². The molecular weight excluding hydrogens is 110 g/mol. The molecule has 0 saturated heterocycles. The fourth-order valence-corrected chi connectivity index (χ4v) is 0. The van der Waals surface area contributed by atoms with Crippen LogP contribution in [0.25, 0.3) is 0 Å². The summed E-state index contributed by atoms with van der Waals surface area (Å²) in [5.41, 5.74) is 0. The van der Waals surface area contributed by atoms with Gasteiger partial charge in [0.25, 0.3) is 0 Å². The molecule has 5 heteroatoms. The van der Waals surface area contributed by atoms with E-state index in [9.17, 15) is 0 Å². The Bertz CT molecular complexity index is 33.8. The van der Waals surface area contributed by atoms with E-state index in [1.54, 1.807) is 0 Å². The van der Waals surface area contributed by atoms with Crippen molar-refractivity contribution in [2.75, 3.05) is 0 Å². The summed E-state index contributed by atoms with van der Waals surface area (Å²) >= 11 is 0. The molecule has 0 aromatic heterocycles. The van der Waals surface area contributed by atoms with Crippen molar-refractivity contribution in [1.29, 1.82) is 0 Å². The molecule has 0 saturated carbocycles. The number of rotatable bonds is 0. The van der Waals surface area contributed by atoms with Gasteiger partial charge in [0.2, 0.25) is 0 Å². The second kappa shape index (κ2) is 8.91. The van der Waals surface area contributed by atoms with Crippen LogP contribution >= 0.6 is 8.25 Å². The van der Waals surface area contributed by atoms with Gasteiger partial charge < -0.3 is 9.79 Å². The Balaban J connectivity index is -0.0000000450. The molecular formula is CH8FO3P. The van der Waals surface area contributed by atoms with Crippen LogP contribution in [0.3, 0.4) is 0 Å². The zero-order chi connectivity index (χ0) is 3.58. The summed E-state index contributed by atoms with van der Waals surface area (Å²) in [6.07, 6.45) is 0. The first-order valence-corrected chi connectivity index (χ1v) is 1.95. The molecule has 0 heterocycles. The van der Waals surface area contributed by atoms with Crippen LogP contribution in [0.5, 0.6) is 0 Å². The lowest BCUT2D eigenvalue weighted by molar-refractivity contribution is 0.405. The van der Waals surface area contributed by atoms with Gasteiger partial charge in [0, 0.05) is 0 Å². The van der Waals surface area contributed by atoms with Gasteiger partial charge in [-0.15, -0.1) is 0 Å². The number of halogens is 1. The maximum absolute atomic E-state index is 8.74. The summed E-state index contributed by atoms with van der Waals surface area (Å²) < 4.78 is 8.74. The minimum atomic E-state index is -3.13. The third kappa shape index (κ3) is 6050. The Morgan fingerprint density at radius 3 is 1.33 bits per heavy atom. The van der Waals surface area contributed by atoms with Gasteiger partial charge in [-0.1, -0.05) is 7.43 Å². The van der Waals surface area contributed by atoms with Crippen molar-refractivity contribution in [2.24, 2.45) is 0 Å². The fourth-order valence-electron chi connectivity index (χ4n) is 0. The van der Waals surface area contributed by atoms with Gasteiger partial charge in [-0.05, 0) is 0 Å². The van der Waals surface area contributed by atoms with Crippen LogP contribution < -0.4 is 0 Å². The normalized spacial score (nSPS) is 5.83. The van der Waals surface area contributed by atoms with E-state index in [-0.39, 0.29) is 12.1 Å². The lowest BCUT2D eigenvalue weighted by Crippen LogP contribution is -1.38. The van der Waals surface area contributed by atoms with E-state index >= 15 is 0 Å². The van der Waals surface area contributed by atoms with Crippen molar-refractivity contribution in [3.05, 3.63) is 0 Å². The van der Waals surface area contributed by atoms with E-state index in [1.807, 2.05) is 0 Å². The van der Waals surface area contributed by atoms with E-state index in [2.05, 4.69) is 0 Å². The third-order valence-electron chi connectivity index (χ3n) is 0. The molecule has 42 valence electrons. The van der Waals surface area contributed by atoms with E-state index in [4.69, 9.17) is 14.4 Å². The highest BCUT2D eigenvalue weighted by molar-refractivity contribution is 7.30. The largest absolute Gasteiger partial charge is 0.326 e. The Hall–Kier alpha value is 0.0800. The van der Waals surface area contributed by atoms with Gasteiger partial charge in [0.1, 0.15) is 0 Å². The Kier molecular flexibility index (Phi) is 24.6. The molecule has 0 rings (SSSR count). The molecule has 6 heavy (non-hydrogen) atoms. The lowest BCUT2D eigenvalue weighted by atomic mass is 12.0. The Morgan fingerprint density at radius 2 is 1.33 bits per heavy atom. The summed E-state index contributed by atoms with van der Waals surface area (Å²) in [5.74, 6) is 0. The summed E-state index contributed by atoms with van der Waals surface area (Å²) in [6, 6.07) is 0. The highest BCUT2D eigenvalue weighted by atomic mass is 31.1. The van der Waals surface area contributed by atoms with Crippen molar-refractivity contribution in [2.45, 2.75) is 7.43 Å². The van der Waals surface area contributed by atoms with Crippen LogP contribution in [0.1, 0.15) is 7.43 Å². The fraction of sp³-hybridized carbons (Fsp3) is 1.00.